The van der Waals surface area contributed by atoms with E-state index < -0.39 is 24.8 Å². The van der Waals surface area contributed by atoms with E-state index in [4.69, 9.17) is 5.73 Å². The lowest BCUT2D eigenvalue weighted by Crippen LogP contribution is -2.36. The zero-order valence-electron chi connectivity index (χ0n) is 9.58. The van der Waals surface area contributed by atoms with Crippen molar-refractivity contribution in [1.29, 1.82) is 0 Å². The molecule has 0 heterocycles. The summed E-state index contributed by atoms with van der Waals surface area (Å²) in [5, 5.41) is 0. The van der Waals surface area contributed by atoms with Crippen molar-refractivity contribution < 1.29 is 22.7 Å². The molecule has 0 aliphatic heterocycles. The van der Waals surface area contributed by atoms with Crippen LogP contribution in [-0.2, 0) is 9.53 Å². The molecule has 0 rings (SSSR count). The molecular weight excluding hydrogens is 257 g/mol. The Morgan fingerprint density at radius 1 is 1.53 bits per heavy atom. The summed E-state index contributed by atoms with van der Waals surface area (Å²) in [7, 11) is 1.45. The van der Waals surface area contributed by atoms with Crippen molar-refractivity contribution in [2.24, 2.45) is 5.73 Å². The molecule has 0 saturated heterocycles. The minimum atomic E-state index is -4.46. The lowest BCUT2D eigenvalue weighted by Gasteiger charge is -2.20. The van der Waals surface area contributed by atoms with E-state index in [1.54, 1.807) is 0 Å². The highest BCUT2D eigenvalue weighted by atomic mass is 32.1. The van der Waals surface area contributed by atoms with Crippen LogP contribution in [0, 0.1) is 0 Å². The van der Waals surface area contributed by atoms with E-state index in [0.29, 0.717) is 6.42 Å². The fourth-order valence-corrected chi connectivity index (χ4v) is 0.895. The summed E-state index contributed by atoms with van der Waals surface area (Å²) in [5.74, 6) is -0.544. The standard InChI is InChI=1S/C9H15F3N2O2S/c1-6(9(10,11)12)16-5-8(15)14(2)4-3-7(13)17/h6H,3-5H2,1-2H3,(H2,13,17). The van der Waals surface area contributed by atoms with Crippen molar-refractivity contribution in [3.8, 4) is 0 Å². The van der Waals surface area contributed by atoms with Crippen molar-refractivity contribution in [3.63, 3.8) is 0 Å². The average molecular weight is 272 g/mol. The van der Waals surface area contributed by atoms with E-state index in [-0.39, 0.29) is 11.5 Å². The monoisotopic (exact) mass is 272 g/mol. The van der Waals surface area contributed by atoms with Crippen LogP contribution in [0.2, 0.25) is 0 Å². The van der Waals surface area contributed by atoms with Gasteiger partial charge in [0.1, 0.15) is 6.61 Å². The molecule has 0 saturated carbocycles. The Labute approximate surface area is 103 Å². The highest BCUT2D eigenvalue weighted by Crippen LogP contribution is 2.22. The Bertz CT molecular complexity index is 284. The van der Waals surface area contributed by atoms with Gasteiger partial charge in [-0.05, 0) is 6.92 Å². The number of thiocarbonyl (C=S) groups is 1. The molecule has 0 aromatic rings. The first-order valence-corrected chi connectivity index (χ1v) is 5.26. The maximum absolute atomic E-state index is 12.1. The minimum absolute atomic E-state index is 0.245. The third-order valence-corrected chi connectivity index (χ3v) is 2.24. The van der Waals surface area contributed by atoms with Crippen molar-refractivity contribution in [3.05, 3.63) is 0 Å². The van der Waals surface area contributed by atoms with Gasteiger partial charge >= 0.3 is 6.18 Å². The number of carbonyl (C=O) groups excluding carboxylic acids is 1. The number of nitrogens with two attached hydrogens (primary N) is 1. The van der Waals surface area contributed by atoms with E-state index in [2.05, 4.69) is 17.0 Å². The average Bonchev–Trinajstić information content (AvgIpc) is 2.20. The van der Waals surface area contributed by atoms with Gasteiger partial charge in [-0.2, -0.15) is 13.2 Å². The number of halogens is 3. The fraction of sp³-hybridized carbons (Fsp3) is 0.778. The Morgan fingerprint density at radius 3 is 2.47 bits per heavy atom. The number of alkyl halides is 3. The number of hydrogen-bond acceptors (Lipinski definition) is 3. The Morgan fingerprint density at radius 2 is 2.06 bits per heavy atom. The van der Waals surface area contributed by atoms with Crippen LogP contribution in [0.1, 0.15) is 13.3 Å². The van der Waals surface area contributed by atoms with Crippen molar-refractivity contribution in [2.45, 2.75) is 25.6 Å². The summed E-state index contributed by atoms with van der Waals surface area (Å²) >= 11 is 4.62. The molecule has 4 nitrogen and oxygen atoms in total. The number of hydrogen-bond donors (Lipinski definition) is 1. The maximum atomic E-state index is 12.1. The Kier molecular flexibility index (Phi) is 6.40. The van der Waals surface area contributed by atoms with E-state index >= 15 is 0 Å². The first-order chi connectivity index (χ1) is 7.64. The molecule has 17 heavy (non-hydrogen) atoms. The number of ether oxygens (including phenoxy) is 1. The summed E-state index contributed by atoms with van der Waals surface area (Å²) in [6, 6.07) is 0. The smallest absolute Gasteiger partial charge is 0.393 e. The van der Waals surface area contributed by atoms with Crippen LogP contribution >= 0.6 is 12.2 Å². The van der Waals surface area contributed by atoms with Gasteiger partial charge in [0.15, 0.2) is 6.10 Å². The van der Waals surface area contributed by atoms with Crippen LogP contribution in [0.4, 0.5) is 13.2 Å². The molecule has 1 atom stereocenters. The van der Waals surface area contributed by atoms with Gasteiger partial charge in [-0.1, -0.05) is 12.2 Å². The molecule has 0 fully saturated rings. The molecule has 0 aliphatic carbocycles. The summed E-state index contributed by atoms with van der Waals surface area (Å²) in [4.78, 5) is 12.8. The van der Waals surface area contributed by atoms with E-state index in [9.17, 15) is 18.0 Å². The number of carbonyl (C=O) groups is 1. The predicted molar refractivity (Wildman–Crippen MR) is 60.5 cm³/mol. The van der Waals surface area contributed by atoms with Crippen LogP contribution in [0.3, 0.4) is 0 Å². The normalized spacial score (nSPS) is 13.2. The molecule has 0 spiro atoms. The molecule has 1 amide bonds. The zero-order chi connectivity index (χ0) is 13.6. The van der Waals surface area contributed by atoms with Crippen LogP contribution in [-0.4, -0.2) is 48.3 Å². The van der Waals surface area contributed by atoms with Gasteiger partial charge in [0.2, 0.25) is 5.91 Å². The van der Waals surface area contributed by atoms with Crippen molar-refractivity contribution in [2.75, 3.05) is 20.2 Å². The predicted octanol–water partition coefficient (Wildman–Crippen LogP) is 1.09. The summed E-state index contributed by atoms with van der Waals surface area (Å²) < 4.78 is 40.6. The van der Waals surface area contributed by atoms with E-state index in [1.807, 2.05) is 0 Å². The second kappa shape index (κ2) is 6.75. The molecular formula is C9H15F3N2O2S. The maximum Gasteiger partial charge on any atom is 0.414 e. The highest BCUT2D eigenvalue weighted by Gasteiger charge is 2.37. The number of rotatable bonds is 6. The summed E-state index contributed by atoms with van der Waals surface area (Å²) in [6.45, 7) is 0.495. The molecule has 0 radical (unpaired) electrons. The molecule has 0 bridgehead atoms. The van der Waals surface area contributed by atoms with Gasteiger partial charge in [0, 0.05) is 20.0 Å². The Balaban J connectivity index is 3.97. The third-order valence-electron chi connectivity index (χ3n) is 2.04. The summed E-state index contributed by atoms with van der Waals surface area (Å²) in [6.07, 6.45) is -6.10. The van der Waals surface area contributed by atoms with Gasteiger partial charge in [-0.3, -0.25) is 4.79 Å². The number of nitrogens with zero attached hydrogens (tertiary/aromatic N) is 1. The van der Waals surface area contributed by atoms with Crippen LogP contribution in [0.15, 0.2) is 0 Å². The van der Waals surface area contributed by atoms with Gasteiger partial charge < -0.3 is 15.4 Å². The van der Waals surface area contributed by atoms with Gasteiger partial charge in [-0.15, -0.1) is 0 Å². The first-order valence-electron chi connectivity index (χ1n) is 4.85. The lowest BCUT2D eigenvalue weighted by atomic mass is 10.4. The topological polar surface area (TPSA) is 55.6 Å². The quantitative estimate of drug-likeness (QED) is 0.735. The van der Waals surface area contributed by atoms with Crippen molar-refractivity contribution >= 4 is 23.1 Å². The molecule has 8 heteroatoms. The fourth-order valence-electron chi connectivity index (χ4n) is 0.804. The molecule has 0 aromatic heterocycles. The van der Waals surface area contributed by atoms with Crippen LogP contribution < -0.4 is 5.73 Å². The van der Waals surface area contributed by atoms with Gasteiger partial charge in [0.25, 0.3) is 0 Å². The van der Waals surface area contributed by atoms with E-state index in [1.165, 1.54) is 11.9 Å². The molecule has 0 aromatic carbocycles. The van der Waals surface area contributed by atoms with Gasteiger partial charge in [0.05, 0.1) is 4.99 Å². The Hall–Kier alpha value is -0.890. The zero-order valence-corrected chi connectivity index (χ0v) is 10.4. The highest BCUT2D eigenvalue weighted by molar-refractivity contribution is 7.80. The molecule has 100 valence electrons. The second-order valence-electron chi connectivity index (χ2n) is 3.53. The van der Waals surface area contributed by atoms with Gasteiger partial charge in [-0.25, -0.2) is 0 Å². The van der Waals surface area contributed by atoms with Crippen LogP contribution in [0.25, 0.3) is 0 Å². The summed E-state index contributed by atoms with van der Waals surface area (Å²) in [5.41, 5.74) is 5.23. The van der Waals surface area contributed by atoms with E-state index in [0.717, 1.165) is 6.92 Å². The molecule has 2 N–H and O–H groups in total. The SMILES string of the molecule is CC(OCC(=O)N(C)CCC(N)=S)C(F)(F)F. The first kappa shape index (κ1) is 16.1. The molecule has 0 aliphatic rings. The second-order valence-corrected chi connectivity index (χ2v) is 4.05. The molecule has 1 unspecified atom stereocenters. The van der Waals surface area contributed by atoms with Crippen LogP contribution in [0.5, 0.6) is 0 Å². The third kappa shape index (κ3) is 7.11. The minimum Gasteiger partial charge on any atom is -0.393 e. The number of amides is 1. The largest absolute Gasteiger partial charge is 0.414 e. The lowest BCUT2D eigenvalue weighted by molar-refractivity contribution is -0.214. The van der Waals surface area contributed by atoms with Crippen molar-refractivity contribution in [1.82, 2.24) is 4.90 Å². The number of likely N-dealkylation sites (N-methyl/N-ethyl adjacent to an activating group) is 1.